The number of hydrogen-bond donors (Lipinski definition) is 1. The maximum absolute atomic E-state index is 13.0. The third-order valence-corrected chi connectivity index (χ3v) is 3.54. The van der Waals surface area contributed by atoms with Gasteiger partial charge in [0.15, 0.2) is 5.82 Å². The van der Waals surface area contributed by atoms with Gasteiger partial charge in [0.25, 0.3) is 0 Å². The maximum atomic E-state index is 13.0. The van der Waals surface area contributed by atoms with Gasteiger partial charge in [-0.2, -0.15) is 0 Å². The Kier molecular flexibility index (Phi) is 3.20. The van der Waals surface area contributed by atoms with Crippen LogP contribution in [0.25, 0.3) is 0 Å². The van der Waals surface area contributed by atoms with Gasteiger partial charge in [-0.25, -0.2) is 4.39 Å². The van der Waals surface area contributed by atoms with E-state index in [0.29, 0.717) is 8.04 Å². The molecule has 2 nitrogen and oxygen atoms in total. The zero-order valence-corrected chi connectivity index (χ0v) is 9.06. The number of aromatic nitrogens is 1. The lowest BCUT2D eigenvalue weighted by atomic mass is 10.3. The Morgan fingerprint density at radius 1 is 1.73 bits per heavy atom. The Labute approximate surface area is 85.1 Å². The van der Waals surface area contributed by atoms with Gasteiger partial charge in [0.1, 0.15) is 5.69 Å². The number of aliphatic hydroxyl groups excluding tert-OH is 1. The van der Waals surface area contributed by atoms with Crippen LogP contribution in [0, 0.1) is 9.39 Å². The molecular weight excluding hydrogens is 328 g/mol. The van der Waals surface area contributed by atoms with Crippen molar-refractivity contribution in [3.63, 3.8) is 0 Å². The molecule has 0 aliphatic rings. The zero-order chi connectivity index (χ0) is 8.43. The molecule has 1 heterocycles. The average Bonchev–Trinajstić information content (AvgIpc) is 2.01. The van der Waals surface area contributed by atoms with Crippen molar-refractivity contribution in [1.82, 2.24) is 4.98 Å². The molecule has 0 fully saturated rings. The molecule has 11 heavy (non-hydrogen) atoms. The molecule has 1 N–H and O–H groups in total. The second-order valence-corrected chi connectivity index (χ2v) is 3.77. The van der Waals surface area contributed by atoms with Crippen molar-refractivity contribution in [2.24, 2.45) is 0 Å². The standard InChI is InChI=1S/C6H4BrFINO/c7-3-1-10-4(2-11)5(8)6(3)9/h1,11H,2H2. The molecule has 1 rings (SSSR count). The minimum atomic E-state index is -0.456. The van der Waals surface area contributed by atoms with Crippen LogP contribution >= 0.6 is 38.5 Å². The van der Waals surface area contributed by atoms with Crippen molar-refractivity contribution < 1.29 is 9.50 Å². The summed E-state index contributed by atoms with van der Waals surface area (Å²) in [5.74, 6) is -0.456. The largest absolute Gasteiger partial charge is 0.390 e. The van der Waals surface area contributed by atoms with Gasteiger partial charge in [-0.05, 0) is 38.5 Å². The van der Waals surface area contributed by atoms with Crippen molar-refractivity contribution in [3.05, 3.63) is 25.8 Å². The SMILES string of the molecule is OCc1ncc(Br)c(I)c1F. The molecule has 0 radical (unpaired) electrons. The van der Waals surface area contributed by atoms with E-state index >= 15 is 0 Å². The molecule has 0 bridgehead atoms. The second kappa shape index (κ2) is 3.77. The van der Waals surface area contributed by atoms with Gasteiger partial charge >= 0.3 is 0 Å². The molecule has 0 unspecified atom stereocenters. The fraction of sp³-hybridized carbons (Fsp3) is 0.167. The number of pyridine rings is 1. The summed E-state index contributed by atoms with van der Waals surface area (Å²) in [6, 6.07) is 0. The van der Waals surface area contributed by atoms with E-state index in [0.717, 1.165) is 0 Å². The van der Waals surface area contributed by atoms with Gasteiger partial charge in [0, 0.05) is 6.20 Å². The molecule has 0 saturated carbocycles. The van der Waals surface area contributed by atoms with Gasteiger partial charge in [-0.1, -0.05) is 0 Å². The van der Waals surface area contributed by atoms with Gasteiger partial charge in [0.2, 0.25) is 0 Å². The molecule has 60 valence electrons. The summed E-state index contributed by atoms with van der Waals surface area (Å²) in [4.78, 5) is 3.68. The molecular formula is C6H4BrFINO. The molecule has 1 aromatic rings. The third-order valence-electron chi connectivity index (χ3n) is 1.14. The summed E-state index contributed by atoms with van der Waals surface area (Å²) < 4.78 is 14.1. The predicted octanol–water partition coefficient (Wildman–Crippen LogP) is 2.08. The Morgan fingerprint density at radius 2 is 2.36 bits per heavy atom. The topological polar surface area (TPSA) is 33.1 Å². The highest BCUT2D eigenvalue weighted by Crippen LogP contribution is 2.22. The Morgan fingerprint density at radius 3 is 2.91 bits per heavy atom. The molecule has 1 aromatic heterocycles. The van der Waals surface area contributed by atoms with Crippen LogP contribution in [0.1, 0.15) is 5.69 Å². The number of halogens is 3. The van der Waals surface area contributed by atoms with E-state index in [1.807, 2.05) is 22.6 Å². The maximum Gasteiger partial charge on any atom is 0.161 e. The zero-order valence-electron chi connectivity index (χ0n) is 5.31. The van der Waals surface area contributed by atoms with E-state index in [1.165, 1.54) is 6.20 Å². The first-order valence-electron chi connectivity index (χ1n) is 2.76. The van der Waals surface area contributed by atoms with E-state index < -0.39 is 5.82 Å². The van der Waals surface area contributed by atoms with Crippen molar-refractivity contribution in [2.45, 2.75) is 6.61 Å². The third kappa shape index (κ3) is 1.88. The van der Waals surface area contributed by atoms with Crippen LogP contribution in [0.4, 0.5) is 4.39 Å². The highest BCUT2D eigenvalue weighted by atomic mass is 127. The van der Waals surface area contributed by atoms with E-state index in [4.69, 9.17) is 5.11 Å². The number of hydrogen-bond acceptors (Lipinski definition) is 2. The van der Waals surface area contributed by atoms with Crippen LogP contribution < -0.4 is 0 Å². The molecule has 0 aliphatic heterocycles. The average molecular weight is 332 g/mol. The number of nitrogens with zero attached hydrogens (tertiary/aromatic N) is 1. The van der Waals surface area contributed by atoms with Crippen LogP contribution in [0.2, 0.25) is 0 Å². The molecule has 0 aromatic carbocycles. The summed E-state index contributed by atoms with van der Waals surface area (Å²) >= 11 is 4.96. The Balaban J connectivity index is 3.25. The summed E-state index contributed by atoms with van der Waals surface area (Å²) in [6.45, 7) is -0.366. The van der Waals surface area contributed by atoms with Crippen LogP contribution in [-0.4, -0.2) is 10.1 Å². The first-order chi connectivity index (χ1) is 5.16. The van der Waals surface area contributed by atoms with E-state index in [9.17, 15) is 4.39 Å². The first-order valence-corrected chi connectivity index (χ1v) is 4.63. The Hall–Kier alpha value is 0.250. The smallest absolute Gasteiger partial charge is 0.161 e. The highest BCUT2D eigenvalue weighted by molar-refractivity contribution is 14.1. The van der Waals surface area contributed by atoms with Gasteiger partial charge in [-0.3, -0.25) is 4.98 Å². The van der Waals surface area contributed by atoms with Crippen LogP contribution in [-0.2, 0) is 6.61 Å². The van der Waals surface area contributed by atoms with E-state index in [-0.39, 0.29) is 12.3 Å². The van der Waals surface area contributed by atoms with Crippen molar-refractivity contribution in [1.29, 1.82) is 0 Å². The molecule has 5 heteroatoms. The Bertz CT molecular complexity index is 282. The molecule has 0 atom stereocenters. The van der Waals surface area contributed by atoms with Gasteiger partial charge in [-0.15, -0.1) is 0 Å². The lowest BCUT2D eigenvalue weighted by Crippen LogP contribution is -1.97. The minimum Gasteiger partial charge on any atom is -0.390 e. The quantitative estimate of drug-likeness (QED) is 0.799. The predicted molar refractivity (Wildman–Crippen MR) is 50.5 cm³/mol. The fourth-order valence-corrected chi connectivity index (χ4v) is 1.32. The summed E-state index contributed by atoms with van der Waals surface area (Å²) in [6.07, 6.45) is 1.47. The van der Waals surface area contributed by atoms with Crippen molar-refractivity contribution >= 4 is 38.5 Å². The fourth-order valence-electron chi connectivity index (χ4n) is 0.590. The molecule has 0 amide bonds. The summed E-state index contributed by atoms with van der Waals surface area (Å²) in [7, 11) is 0. The number of aliphatic hydroxyl groups is 1. The second-order valence-electron chi connectivity index (χ2n) is 1.84. The molecule has 0 saturated heterocycles. The van der Waals surface area contributed by atoms with E-state index in [2.05, 4.69) is 20.9 Å². The minimum absolute atomic E-state index is 0.0811. The first kappa shape index (κ1) is 9.34. The van der Waals surface area contributed by atoms with E-state index in [1.54, 1.807) is 0 Å². The van der Waals surface area contributed by atoms with Crippen molar-refractivity contribution in [3.8, 4) is 0 Å². The van der Waals surface area contributed by atoms with Crippen LogP contribution in [0.5, 0.6) is 0 Å². The lowest BCUT2D eigenvalue weighted by Gasteiger charge is -2.01. The molecule has 0 aliphatic carbocycles. The van der Waals surface area contributed by atoms with Crippen LogP contribution in [0.15, 0.2) is 10.7 Å². The summed E-state index contributed by atoms with van der Waals surface area (Å²) in [5.41, 5.74) is 0.0811. The lowest BCUT2D eigenvalue weighted by molar-refractivity contribution is 0.269. The van der Waals surface area contributed by atoms with Crippen molar-refractivity contribution in [2.75, 3.05) is 0 Å². The van der Waals surface area contributed by atoms with Gasteiger partial charge < -0.3 is 5.11 Å². The molecule has 0 spiro atoms. The number of rotatable bonds is 1. The highest BCUT2D eigenvalue weighted by Gasteiger charge is 2.09. The summed E-state index contributed by atoms with van der Waals surface area (Å²) in [5, 5.41) is 8.61. The normalized spacial score (nSPS) is 10.2. The monoisotopic (exact) mass is 331 g/mol. The van der Waals surface area contributed by atoms with Crippen LogP contribution in [0.3, 0.4) is 0 Å². The van der Waals surface area contributed by atoms with Gasteiger partial charge in [0.05, 0.1) is 14.6 Å².